The second-order valence-electron chi connectivity index (χ2n) is 11.1. The second-order valence-corrected chi connectivity index (χ2v) is 11.5. The first-order valence-electron chi connectivity index (χ1n) is 15.8. The fraction of sp³-hybridized carbons (Fsp3) is 0.485. The molecule has 0 aliphatic heterocycles. The van der Waals surface area contributed by atoms with Crippen LogP contribution in [0.2, 0.25) is 0 Å². The minimum Gasteiger partial charge on any atom is -0.382 e. The first kappa shape index (κ1) is 32.6. The van der Waals surface area contributed by atoms with Gasteiger partial charge in [0.1, 0.15) is 11.3 Å². The van der Waals surface area contributed by atoms with Crippen LogP contribution in [0.4, 0.5) is 5.82 Å². The van der Waals surface area contributed by atoms with E-state index in [1.54, 1.807) is 0 Å². The minimum absolute atomic E-state index is 0.491. The largest absolute Gasteiger partial charge is 0.382 e. The standard InChI is InChI=1S/C33H49N9S/c1-2-3-12-29-41-30-31(27-10-4-5-11-28(27)40-32(30)35)42(29)24-26-15-13-25(14-16-26)23-39-33(43)38-22-9-21-37-19-7-6-18-36-20-8-17-34/h4-5,10-11,13-16,36-37H,2-3,6-9,12,17-24,34H2,1H3,(H2,35,40)(H2,38,39,43). The summed E-state index contributed by atoms with van der Waals surface area (Å²) in [6.45, 7) is 9.36. The van der Waals surface area contributed by atoms with E-state index in [0.717, 1.165) is 106 Å². The van der Waals surface area contributed by atoms with Crippen LogP contribution in [-0.4, -0.2) is 58.9 Å². The van der Waals surface area contributed by atoms with E-state index in [2.05, 4.69) is 68.1 Å². The zero-order valence-electron chi connectivity index (χ0n) is 25.6. The molecule has 2 heterocycles. The van der Waals surface area contributed by atoms with E-state index >= 15 is 0 Å². The molecule has 0 saturated heterocycles. The van der Waals surface area contributed by atoms with Crippen molar-refractivity contribution in [3.05, 3.63) is 65.5 Å². The van der Waals surface area contributed by atoms with Gasteiger partial charge in [-0.3, -0.25) is 0 Å². The molecule has 0 unspecified atom stereocenters. The molecule has 2 aromatic heterocycles. The fourth-order valence-electron chi connectivity index (χ4n) is 5.18. The van der Waals surface area contributed by atoms with E-state index in [4.69, 9.17) is 28.7 Å². The maximum Gasteiger partial charge on any atom is 0.166 e. The van der Waals surface area contributed by atoms with E-state index in [1.165, 1.54) is 24.0 Å². The molecule has 0 fully saturated rings. The molecule has 0 aliphatic carbocycles. The highest BCUT2D eigenvalue weighted by Crippen LogP contribution is 2.30. The summed E-state index contributed by atoms with van der Waals surface area (Å²) < 4.78 is 2.33. The molecule has 4 aromatic rings. The Balaban J connectivity index is 1.23. The molecule has 8 N–H and O–H groups in total. The number of aromatic nitrogens is 3. The average Bonchev–Trinajstić information content (AvgIpc) is 3.39. The van der Waals surface area contributed by atoms with Crippen molar-refractivity contribution in [2.24, 2.45) is 5.73 Å². The van der Waals surface area contributed by atoms with Crippen LogP contribution in [0.3, 0.4) is 0 Å². The Morgan fingerprint density at radius 2 is 1.51 bits per heavy atom. The van der Waals surface area contributed by atoms with Gasteiger partial charge in [0.25, 0.3) is 0 Å². The number of nitrogens with two attached hydrogens (primary N) is 2. The molecule has 0 spiro atoms. The van der Waals surface area contributed by atoms with Crippen molar-refractivity contribution in [3.8, 4) is 0 Å². The Labute approximate surface area is 261 Å². The zero-order valence-corrected chi connectivity index (χ0v) is 26.4. The number of nitrogens with zero attached hydrogens (tertiary/aromatic N) is 3. The summed E-state index contributed by atoms with van der Waals surface area (Å²) >= 11 is 5.49. The lowest BCUT2D eigenvalue weighted by molar-refractivity contribution is 0.567. The van der Waals surface area contributed by atoms with Crippen molar-refractivity contribution < 1.29 is 0 Å². The number of benzene rings is 2. The topological polar surface area (TPSA) is 131 Å². The Kier molecular flexibility index (Phi) is 13.4. The van der Waals surface area contributed by atoms with Crippen molar-refractivity contribution in [2.45, 2.75) is 65.0 Å². The quantitative estimate of drug-likeness (QED) is 0.0689. The first-order valence-corrected chi connectivity index (χ1v) is 16.3. The van der Waals surface area contributed by atoms with Crippen molar-refractivity contribution in [1.29, 1.82) is 0 Å². The van der Waals surface area contributed by atoms with Crippen LogP contribution in [0.5, 0.6) is 0 Å². The number of aryl methyl sites for hydroxylation is 1. The van der Waals surface area contributed by atoms with Gasteiger partial charge in [0, 0.05) is 31.4 Å². The van der Waals surface area contributed by atoms with Crippen LogP contribution in [-0.2, 0) is 19.5 Å². The maximum atomic E-state index is 6.37. The van der Waals surface area contributed by atoms with Crippen LogP contribution in [0, 0.1) is 0 Å². The molecule has 0 atom stereocenters. The van der Waals surface area contributed by atoms with Crippen molar-refractivity contribution in [1.82, 2.24) is 35.8 Å². The molecule has 2 aromatic carbocycles. The predicted octanol–water partition coefficient (Wildman–Crippen LogP) is 4.22. The Morgan fingerprint density at radius 1 is 0.814 bits per heavy atom. The highest BCUT2D eigenvalue weighted by atomic mass is 32.1. The Bertz CT molecular complexity index is 1420. The fourth-order valence-corrected chi connectivity index (χ4v) is 5.36. The number of thiocarbonyl (C=S) groups is 1. The maximum absolute atomic E-state index is 6.37. The van der Waals surface area contributed by atoms with E-state index in [0.29, 0.717) is 17.5 Å². The van der Waals surface area contributed by atoms with Gasteiger partial charge in [-0.15, -0.1) is 0 Å². The molecular formula is C33H49N9S. The van der Waals surface area contributed by atoms with Crippen LogP contribution in [0.15, 0.2) is 48.5 Å². The summed E-state index contributed by atoms with van der Waals surface area (Å²) in [4.78, 5) is 9.58. The van der Waals surface area contributed by atoms with E-state index in [-0.39, 0.29) is 0 Å². The van der Waals surface area contributed by atoms with E-state index in [9.17, 15) is 0 Å². The van der Waals surface area contributed by atoms with Gasteiger partial charge < -0.3 is 37.3 Å². The normalized spacial score (nSPS) is 11.4. The van der Waals surface area contributed by atoms with Crippen LogP contribution in [0.1, 0.15) is 62.4 Å². The Morgan fingerprint density at radius 3 is 2.26 bits per heavy atom. The summed E-state index contributed by atoms with van der Waals surface area (Å²) in [5.41, 5.74) is 17.0. The minimum atomic E-state index is 0.491. The van der Waals surface area contributed by atoms with Crippen molar-refractivity contribution in [3.63, 3.8) is 0 Å². The summed E-state index contributed by atoms with van der Waals surface area (Å²) in [5, 5.41) is 15.4. The molecule has 0 radical (unpaired) electrons. The van der Waals surface area contributed by atoms with E-state index < -0.39 is 0 Å². The molecule has 232 valence electrons. The number of unbranched alkanes of at least 4 members (excludes halogenated alkanes) is 2. The van der Waals surface area contributed by atoms with Gasteiger partial charge in [0.2, 0.25) is 0 Å². The predicted molar refractivity (Wildman–Crippen MR) is 184 cm³/mol. The van der Waals surface area contributed by atoms with E-state index in [1.807, 2.05) is 18.2 Å². The molecule has 0 bridgehead atoms. The molecule has 0 amide bonds. The number of nitrogen functional groups attached to an aromatic ring is 1. The average molecular weight is 604 g/mol. The molecule has 0 saturated carbocycles. The number of rotatable bonds is 19. The lowest BCUT2D eigenvalue weighted by Crippen LogP contribution is -2.36. The number of pyridine rings is 1. The van der Waals surface area contributed by atoms with Crippen LogP contribution >= 0.6 is 12.2 Å². The number of nitrogens with one attached hydrogen (secondary N) is 4. The van der Waals surface area contributed by atoms with Gasteiger partial charge in [-0.2, -0.15) is 0 Å². The second kappa shape index (κ2) is 17.7. The monoisotopic (exact) mass is 603 g/mol. The third-order valence-corrected chi connectivity index (χ3v) is 7.88. The van der Waals surface area contributed by atoms with Crippen LogP contribution < -0.4 is 32.7 Å². The summed E-state index contributed by atoms with van der Waals surface area (Å²) in [6, 6.07) is 16.9. The number of hydrogen-bond acceptors (Lipinski definition) is 7. The van der Waals surface area contributed by atoms with Crippen molar-refractivity contribution in [2.75, 3.05) is 45.0 Å². The van der Waals surface area contributed by atoms with Gasteiger partial charge >= 0.3 is 0 Å². The third-order valence-electron chi connectivity index (χ3n) is 7.59. The molecule has 0 aliphatic rings. The van der Waals surface area contributed by atoms with Gasteiger partial charge in [0.15, 0.2) is 10.9 Å². The molecule has 43 heavy (non-hydrogen) atoms. The van der Waals surface area contributed by atoms with Crippen molar-refractivity contribution >= 4 is 45.1 Å². The molecule has 10 heteroatoms. The van der Waals surface area contributed by atoms with Gasteiger partial charge in [-0.05, 0) is 94.2 Å². The van der Waals surface area contributed by atoms with Gasteiger partial charge in [-0.1, -0.05) is 55.8 Å². The number of para-hydroxylation sites is 1. The molecule has 4 rings (SSSR count). The lowest BCUT2D eigenvalue weighted by Gasteiger charge is -2.13. The number of imidazole rings is 1. The van der Waals surface area contributed by atoms with Crippen LogP contribution in [0.25, 0.3) is 21.9 Å². The SMILES string of the molecule is CCCCc1nc2c(N)nc3ccccc3c2n1Cc1ccc(CNC(=S)NCCCNCCCCNCCCN)cc1. The highest BCUT2D eigenvalue weighted by molar-refractivity contribution is 7.80. The lowest BCUT2D eigenvalue weighted by atomic mass is 10.1. The van der Waals surface area contributed by atoms with Gasteiger partial charge in [0.05, 0.1) is 11.0 Å². The molecule has 9 nitrogen and oxygen atoms in total. The number of anilines is 1. The first-order chi connectivity index (χ1) is 21.1. The number of hydrogen-bond donors (Lipinski definition) is 6. The highest BCUT2D eigenvalue weighted by Gasteiger charge is 2.17. The third kappa shape index (κ3) is 9.86. The molecular weight excluding hydrogens is 554 g/mol. The number of fused-ring (bicyclic) bond motifs is 3. The summed E-state index contributed by atoms with van der Waals surface area (Å²) in [6.07, 6.45) is 7.56. The van der Waals surface area contributed by atoms with Gasteiger partial charge in [-0.25, -0.2) is 9.97 Å². The summed E-state index contributed by atoms with van der Waals surface area (Å²) in [7, 11) is 0. The smallest absolute Gasteiger partial charge is 0.166 e. The zero-order chi connectivity index (χ0) is 30.3. The Hall–Kier alpha value is -3.31. The summed E-state index contributed by atoms with van der Waals surface area (Å²) in [5.74, 6) is 1.55.